The molecule has 234 valence electrons. The van der Waals surface area contributed by atoms with Gasteiger partial charge >= 0.3 is 12.4 Å². The highest BCUT2D eigenvalue weighted by Gasteiger charge is 2.38. The van der Waals surface area contributed by atoms with Crippen LogP contribution in [0.3, 0.4) is 0 Å². The number of carbonyl (C=O) groups is 1. The summed E-state index contributed by atoms with van der Waals surface area (Å²) in [4.78, 5) is 27.5. The number of likely N-dealkylation sites (N-methyl/N-ethyl adjacent to an activating group) is 1. The third-order valence-electron chi connectivity index (χ3n) is 7.66. The Morgan fingerprint density at radius 2 is 1.59 bits per heavy atom. The van der Waals surface area contributed by atoms with E-state index in [4.69, 9.17) is 11.6 Å². The molecule has 5 rings (SSSR count). The Morgan fingerprint density at radius 3 is 2.20 bits per heavy atom. The monoisotopic (exact) mass is 639 g/mol. The Bertz CT molecular complexity index is 1570. The second-order valence-corrected chi connectivity index (χ2v) is 11.1. The summed E-state index contributed by atoms with van der Waals surface area (Å²) in [6.45, 7) is 3.55. The van der Waals surface area contributed by atoms with Crippen LogP contribution in [0.4, 0.5) is 32.2 Å². The maximum absolute atomic E-state index is 13.4. The predicted molar refractivity (Wildman–Crippen MR) is 152 cm³/mol. The van der Waals surface area contributed by atoms with E-state index in [2.05, 4.69) is 24.9 Å². The summed E-state index contributed by atoms with van der Waals surface area (Å²) in [5, 5.41) is 4.66. The molecule has 44 heavy (non-hydrogen) atoms. The lowest BCUT2D eigenvalue weighted by Crippen LogP contribution is -2.47. The number of alkyl halides is 6. The van der Waals surface area contributed by atoms with E-state index in [-0.39, 0.29) is 18.5 Å². The van der Waals surface area contributed by atoms with Gasteiger partial charge in [0.1, 0.15) is 6.33 Å². The number of rotatable bonds is 8. The summed E-state index contributed by atoms with van der Waals surface area (Å²) in [5.74, 6) is -0.463. The summed E-state index contributed by atoms with van der Waals surface area (Å²) < 4.78 is 82.0. The molecular weight excluding hydrogens is 612 g/mol. The van der Waals surface area contributed by atoms with Crippen molar-refractivity contribution in [3.8, 4) is 0 Å². The molecule has 0 unspecified atom stereocenters. The Hall–Kier alpha value is -3.91. The van der Waals surface area contributed by atoms with Crippen LogP contribution < -0.4 is 4.90 Å². The van der Waals surface area contributed by atoms with Gasteiger partial charge in [0, 0.05) is 68.7 Å². The zero-order chi connectivity index (χ0) is 31.6. The van der Waals surface area contributed by atoms with Crippen molar-refractivity contribution in [2.45, 2.75) is 24.7 Å². The molecule has 1 saturated heterocycles. The van der Waals surface area contributed by atoms with Crippen LogP contribution in [0.5, 0.6) is 0 Å². The number of piperazine rings is 1. The van der Waals surface area contributed by atoms with Crippen LogP contribution in [0.15, 0.2) is 61.2 Å². The molecule has 0 bridgehead atoms. The molecule has 15 heteroatoms. The van der Waals surface area contributed by atoms with Gasteiger partial charge < -0.3 is 9.80 Å². The van der Waals surface area contributed by atoms with E-state index in [0.717, 1.165) is 29.4 Å². The topological polar surface area (TPSA) is 69.9 Å². The van der Waals surface area contributed by atoms with E-state index in [9.17, 15) is 31.1 Å². The van der Waals surface area contributed by atoms with Crippen LogP contribution in [0.2, 0.25) is 5.02 Å². The number of hydrogen-bond donors (Lipinski definition) is 0. The zero-order valence-electron chi connectivity index (χ0n) is 23.5. The molecule has 3 heterocycles. The minimum absolute atomic E-state index is 0.00954. The number of anilines is 1. The largest absolute Gasteiger partial charge is 0.416 e. The average molecular weight is 640 g/mol. The van der Waals surface area contributed by atoms with Gasteiger partial charge in [0.25, 0.3) is 5.91 Å². The van der Waals surface area contributed by atoms with Crippen LogP contribution in [-0.4, -0.2) is 81.6 Å². The fourth-order valence-electron chi connectivity index (χ4n) is 5.30. The first-order valence-electron chi connectivity index (χ1n) is 13.7. The van der Waals surface area contributed by atoms with Gasteiger partial charge in [0.15, 0.2) is 11.5 Å². The smallest absolute Gasteiger partial charge is 0.351 e. The average Bonchev–Trinajstić information content (AvgIpc) is 3.48. The molecule has 1 atom stereocenters. The second-order valence-electron chi connectivity index (χ2n) is 10.6. The fraction of sp³-hybridized carbons (Fsp3) is 0.379. The van der Waals surface area contributed by atoms with Gasteiger partial charge in [-0.15, -0.1) is 0 Å². The molecule has 0 radical (unpaired) electrons. The number of halogens is 7. The van der Waals surface area contributed by atoms with Gasteiger partial charge in [0.2, 0.25) is 0 Å². The summed E-state index contributed by atoms with van der Waals surface area (Å²) >= 11 is 6.07. The van der Waals surface area contributed by atoms with E-state index in [0.29, 0.717) is 48.9 Å². The quantitative estimate of drug-likeness (QED) is 0.224. The Morgan fingerprint density at radius 1 is 0.955 bits per heavy atom. The number of benzene rings is 2. The Balaban J connectivity index is 1.28. The Labute approximate surface area is 253 Å². The van der Waals surface area contributed by atoms with Crippen LogP contribution >= 0.6 is 11.6 Å². The summed E-state index contributed by atoms with van der Waals surface area (Å²) in [7, 11) is 1.37. The number of fused-ring (bicyclic) bond motifs is 1. The van der Waals surface area contributed by atoms with Gasteiger partial charge in [-0.25, -0.2) is 14.5 Å². The van der Waals surface area contributed by atoms with Crippen molar-refractivity contribution in [1.29, 1.82) is 0 Å². The Kier molecular flexibility index (Phi) is 9.02. The molecule has 1 aliphatic rings. The van der Waals surface area contributed by atoms with Gasteiger partial charge in [-0.05, 0) is 48.9 Å². The molecule has 1 aliphatic heterocycles. The standard InChI is InChI=1S/C29H28ClF6N7O/c1-40(27(44)21-14-22(28(31,32)33)16-23(15-21)29(34,35)36)17-20(19-2-4-24(30)5-3-19)6-8-41-10-12-42(13-11-41)25-26-38-18-39-43(26)9-7-37-25/h2-5,7,9,14-16,18,20H,6,8,10-13,17H2,1H3/t20-/m1/s1. The summed E-state index contributed by atoms with van der Waals surface area (Å²) in [6, 6.07) is 7.94. The van der Waals surface area contributed by atoms with Gasteiger partial charge in [0.05, 0.1) is 11.1 Å². The summed E-state index contributed by atoms with van der Waals surface area (Å²) in [5.41, 5.74) is -2.24. The van der Waals surface area contributed by atoms with Crippen molar-refractivity contribution in [3.05, 3.63) is 88.5 Å². The highest BCUT2D eigenvalue weighted by Crippen LogP contribution is 2.37. The van der Waals surface area contributed by atoms with Gasteiger partial charge in [-0.1, -0.05) is 23.7 Å². The van der Waals surface area contributed by atoms with Gasteiger partial charge in [-0.2, -0.15) is 31.4 Å². The molecule has 2 aromatic heterocycles. The van der Waals surface area contributed by atoms with Crippen LogP contribution in [0, 0.1) is 0 Å². The van der Waals surface area contributed by atoms with Crippen molar-refractivity contribution >= 4 is 29.0 Å². The van der Waals surface area contributed by atoms with E-state index in [1.54, 1.807) is 41.2 Å². The number of aromatic nitrogens is 4. The van der Waals surface area contributed by atoms with E-state index >= 15 is 0 Å². The first-order valence-corrected chi connectivity index (χ1v) is 14.1. The third-order valence-corrected chi connectivity index (χ3v) is 7.91. The first kappa shape index (κ1) is 31.5. The predicted octanol–water partition coefficient (Wildman–Crippen LogP) is 5.88. The van der Waals surface area contributed by atoms with Gasteiger partial charge in [-0.3, -0.25) is 9.69 Å². The van der Waals surface area contributed by atoms with E-state index in [1.165, 1.54) is 13.4 Å². The molecule has 1 fully saturated rings. The van der Waals surface area contributed by atoms with Crippen LogP contribution in [0.1, 0.15) is 39.4 Å². The first-order chi connectivity index (χ1) is 20.8. The molecule has 0 aliphatic carbocycles. The van der Waals surface area contributed by atoms with E-state index in [1.807, 2.05) is 0 Å². The molecule has 8 nitrogen and oxygen atoms in total. The minimum Gasteiger partial charge on any atom is -0.351 e. The highest BCUT2D eigenvalue weighted by molar-refractivity contribution is 6.30. The molecule has 1 amide bonds. The molecule has 0 spiro atoms. The fourth-order valence-corrected chi connectivity index (χ4v) is 5.43. The third kappa shape index (κ3) is 7.24. The normalized spacial score (nSPS) is 15.5. The zero-order valence-corrected chi connectivity index (χ0v) is 24.2. The van der Waals surface area contributed by atoms with Crippen LogP contribution in [-0.2, 0) is 12.4 Å². The number of amides is 1. The van der Waals surface area contributed by atoms with Crippen molar-refractivity contribution in [2.75, 3.05) is 51.2 Å². The van der Waals surface area contributed by atoms with Crippen molar-refractivity contribution in [3.63, 3.8) is 0 Å². The lowest BCUT2D eigenvalue weighted by atomic mass is 9.94. The van der Waals surface area contributed by atoms with Crippen molar-refractivity contribution < 1.29 is 31.1 Å². The lowest BCUT2D eigenvalue weighted by Gasteiger charge is -2.36. The molecule has 0 N–H and O–H groups in total. The van der Waals surface area contributed by atoms with Crippen molar-refractivity contribution in [2.24, 2.45) is 0 Å². The molecule has 2 aromatic carbocycles. The minimum atomic E-state index is -5.05. The number of carbonyl (C=O) groups excluding carboxylic acids is 1. The molecule has 4 aromatic rings. The van der Waals surface area contributed by atoms with E-state index < -0.39 is 35.0 Å². The molecule has 0 saturated carbocycles. The maximum atomic E-state index is 13.4. The maximum Gasteiger partial charge on any atom is 0.416 e. The van der Waals surface area contributed by atoms with Crippen LogP contribution in [0.25, 0.3) is 5.65 Å². The summed E-state index contributed by atoms with van der Waals surface area (Å²) in [6.07, 6.45) is -4.67. The lowest BCUT2D eigenvalue weighted by molar-refractivity contribution is -0.143. The highest BCUT2D eigenvalue weighted by atomic mass is 35.5. The van der Waals surface area contributed by atoms with Crippen molar-refractivity contribution in [1.82, 2.24) is 29.4 Å². The number of hydrogen-bond acceptors (Lipinski definition) is 6. The SMILES string of the molecule is CN(C[C@@H](CCN1CCN(c2nccn3ncnc23)CC1)c1ccc(Cl)cc1)C(=O)c1cc(C(F)(F)F)cc(C(F)(F)F)c1. The molecular formula is C29H28ClF6N7O. The number of nitrogens with zero attached hydrogens (tertiary/aromatic N) is 7. The second kappa shape index (κ2) is 12.6.